The molecule has 28 heavy (non-hydrogen) atoms. The summed E-state index contributed by atoms with van der Waals surface area (Å²) in [5.41, 5.74) is 2.59. The van der Waals surface area contributed by atoms with Gasteiger partial charge in [-0.3, -0.25) is 0 Å². The maximum Gasteiger partial charge on any atom is 0.338 e. The zero-order valence-corrected chi connectivity index (χ0v) is 17.4. The summed E-state index contributed by atoms with van der Waals surface area (Å²) in [6.45, 7) is 8.13. The summed E-state index contributed by atoms with van der Waals surface area (Å²) in [5.74, 6) is -0.410. The van der Waals surface area contributed by atoms with E-state index in [4.69, 9.17) is 9.47 Å². The number of phenolic OH excluding ortho intramolecular Hbond substituents is 1. The monoisotopic (exact) mass is 388 g/mol. The second-order valence-corrected chi connectivity index (χ2v) is 7.95. The molecule has 1 aromatic rings. The van der Waals surface area contributed by atoms with Crippen molar-refractivity contribution in [3.8, 4) is 11.5 Å². The van der Waals surface area contributed by atoms with Crippen LogP contribution >= 0.6 is 0 Å². The predicted octanol–water partition coefficient (Wildman–Crippen LogP) is 4.64. The highest BCUT2D eigenvalue weighted by atomic mass is 16.5. The van der Waals surface area contributed by atoms with E-state index in [9.17, 15) is 15.0 Å². The molecule has 5 heteroatoms. The van der Waals surface area contributed by atoms with E-state index < -0.39 is 18.2 Å². The molecule has 0 amide bonds. The van der Waals surface area contributed by atoms with Gasteiger partial charge in [0.2, 0.25) is 0 Å². The number of carbonyl (C=O) groups excluding carboxylic acids is 1. The Balaban J connectivity index is 2.33. The van der Waals surface area contributed by atoms with Gasteiger partial charge in [0.05, 0.1) is 18.8 Å². The second-order valence-electron chi connectivity index (χ2n) is 7.95. The van der Waals surface area contributed by atoms with Crippen LogP contribution in [0.25, 0.3) is 0 Å². The fraction of sp³-hybridized carbons (Fsp3) is 0.522. The lowest BCUT2D eigenvalue weighted by molar-refractivity contribution is -0.0217. The summed E-state index contributed by atoms with van der Waals surface area (Å²) in [5, 5.41) is 20.6. The number of carbonyl (C=O) groups is 1. The van der Waals surface area contributed by atoms with Gasteiger partial charge in [-0.25, -0.2) is 4.79 Å². The van der Waals surface area contributed by atoms with Crippen LogP contribution in [-0.4, -0.2) is 35.5 Å². The molecule has 3 atom stereocenters. The molecule has 2 N–H and O–H groups in total. The number of ether oxygens (including phenoxy) is 2. The number of allylic oxidation sites excluding steroid dienone is 2. The molecule has 5 nitrogen and oxygen atoms in total. The van der Waals surface area contributed by atoms with Gasteiger partial charge in [-0.05, 0) is 50.8 Å². The van der Waals surface area contributed by atoms with Crippen molar-refractivity contribution in [2.45, 2.75) is 59.2 Å². The standard InChI is InChI=1S/C23H32O5/c1-14(2)22-19(25)11-15(3)7-6-8-16(4)12-21(22)28-23(26)17-9-10-18(24)20(13-17)27-5/h8-11,13-14,19,21-22,24-25H,6-7,12H2,1-5H3/b15-11+,16-8-/t19-,21-,22-/m1/s1. The van der Waals surface area contributed by atoms with E-state index in [1.54, 1.807) is 0 Å². The van der Waals surface area contributed by atoms with Gasteiger partial charge in [0, 0.05) is 12.3 Å². The fourth-order valence-electron chi connectivity index (χ4n) is 3.74. The summed E-state index contributed by atoms with van der Waals surface area (Å²) in [6.07, 6.45) is 5.33. The van der Waals surface area contributed by atoms with E-state index in [0.29, 0.717) is 12.0 Å². The number of aliphatic hydroxyl groups excluding tert-OH is 1. The number of rotatable bonds is 4. The van der Waals surface area contributed by atoms with Crippen molar-refractivity contribution in [1.29, 1.82) is 0 Å². The number of hydrogen-bond donors (Lipinski definition) is 2. The van der Waals surface area contributed by atoms with Gasteiger partial charge in [0.15, 0.2) is 11.5 Å². The summed E-state index contributed by atoms with van der Waals surface area (Å²) < 4.78 is 11.0. The number of methoxy groups -OCH3 is 1. The van der Waals surface area contributed by atoms with Crippen molar-refractivity contribution in [3.63, 3.8) is 0 Å². The third-order valence-electron chi connectivity index (χ3n) is 5.28. The Morgan fingerprint density at radius 3 is 2.57 bits per heavy atom. The van der Waals surface area contributed by atoms with Crippen molar-refractivity contribution in [3.05, 3.63) is 47.1 Å². The van der Waals surface area contributed by atoms with E-state index in [1.165, 1.54) is 25.3 Å². The van der Waals surface area contributed by atoms with E-state index in [-0.39, 0.29) is 23.3 Å². The van der Waals surface area contributed by atoms with Crippen LogP contribution in [0.15, 0.2) is 41.5 Å². The molecular weight excluding hydrogens is 356 g/mol. The van der Waals surface area contributed by atoms with E-state index in [1.807, 2.05) is 33.8 Å². The van der Waals surface area contributed by atoms with Crippen LogP contribution in [0.4, 0.5) is 0 Å². The van der Waals surface area contributed by atoms with Gasteiger partial charge in [-0.15, -0.1) is 0 Å². The first-order valence-corrected chi connectivity index (χ1v) is 9.82. The van der Waals surface area contributed by atoms with Gasteiger partial charge < -0.3 is 19.7 Å². The highest BCUT2D eigenvalue weighted by molar-refractivity contribution is 5.90. The first-order valence-electron chi connectivity index (χ1n) is 9.82. The van der Waals surface area contributed by atoms with Gasteiger partial charge in [0.25, 0.3) is 0 Å². The van der Waals surface area contributed by atoms with Crippen molar-refractivity contribution in [2.75, 3.05) is 7.11 Å². The summed E-state index contributed by atoms with van der Waals surface area (Å²) in [6, 6.07) is 4.38. The first kappa shape index (κ1) is 22.0. The normalized spacial score (nSPS) is 27.3. The van der Waals surface area contributed by atoms with Crippen molar-refractivity contribution >= 4 is 5.97 Å². The summed E-state index contributed by atoms with van der Waals surface area (Å²) in [7, 11) is 1.43. The minimum absolute atomic E-state index is 0.0346. The van der Waals surface area contributed by atoms with Crippen LogP contribution < -0.4 is 4.74 Å². The number of hydrogen-bond acceptors (Lipinski definition) is 5. The van der Waals surface area contributed by atoms with Crippen LogP contribution in [0.1, 0.15) is 57.3 Å². The third kappa shape index (κ3) is 5.61. The first-order chi connectivity index (χ1) is 13.2. The average molecular weight is 389 g/mol. The van der Waals surface area contributed by atoms with Gasteiger partial charge in [0.1, 0.15) is 6.10 Å². The average Bonchev–Trinajstić information content (AvgIpc) is 2.61. The molecular formula is C23H32O5. The topological polar surface area (TPSA) is 76.0 Å². The van der Waals surface area contributed by atoms with Crippen LogP contribution in [0, 0.1) is 11.8 Å². The van der Waals surface area contributed by atoms with Crippen molar-refractivity contribution < 1.29 is 24.5 Å². The van der Waals surface area contributed by atoms with Gasteiger partial charge >= 0.3 is 5.97 Å². The molecule has 0 saturated heterocycles. The number of aliphatic hydroxyl groups is 1. The van der Waals surface area contributed by atoms with Crippen LogP contribution in [0.3, 0.4) is 0 Å². The van der Waals surface area contributed by atoms with Crippen LogP contribution in [0.2, 0.25) is 0 Å². The van der Waals surface area contributed by atoms with Crippen molar-refractivity contribution in [2.24, 2.45) is 11.8 Å². The van der Waals surface area contributed by atoms with E-state index in [0.717, 1.165) is 24.0 Å². The Labute approximate surface area is 167 Å². The highest BCUT2D eigenvalue weighted by Gasteiger charge is 2.33. The minimum atomic E-state index is -0.682. The highest BCUT2D eigenvalue weighted by Crippen LogP contribution is 2.31. The molecule has 0 bridgehead atoms. The van der Waals surface area contributed by atoms with Crippen LogP contribution in [-0.2, 0) is 4.74 Å². The number of phenols is 1. The minimum Gasteiger partial charge on any atom is -0.504 e. The van der Waals surface area contributed by atoms with E-state index in [2.05, 4.69) is 6.08 Å². The van der Waals surface area contributed by atoms with Crippen LogP contribution in [0.5, 0.6) is 11.5 Å². The zero-order valence-electron chi connectivity index (χ0n) is 17.4. The Bertz CT molecular complexity index is 747. The molecule has 1 aromatic carbocycles. The lowest BCUT2D eigenvalue weighted by Gasteiger charge is -2.33. The predicted molar refractivity (Wildman–Crippen MR) is 110 cm³/mol. The molecule has 0 aliphatic heterocycles. The molecule has 1 aliphatic carbocycles. The molecule has 0 radical (unpaired) electrons. The van der Waals surface area contributed by atoms with Gasteiger partial charge in [-0.2, -0.15) is 0 Å². The molecule has 0 spiro atoms. The van der Waals surface area contributed by atoms with Crippen molar-refractivity contribution in [1.82, 2.24) is 0 Å². The van der Waals surface area contributed by atoms with E-state index >= 15 is 0 Å². The number of esters is 1. The maximum atomic E-state index is 12.8. The quantitative estimate of drug-likeness (QED) is 0.581. The molecule has 0 saturated carbocycles. The molecule has 154 valence electrons. The molecule has 0 aromatic heterocycles. The molecule has 1 aliphatic rings. The number of aromatic hydroxyl groups is 1. The smallest absolute Gasteiger partial charge is 0.338 e. The zero-order chi connectivity index (χ0) is 20.8. The fourth-order valence-corrected chi connectivity index (χ4v) is 3.74. The Kier molecular flexibility index (Phi) is 7.69. The Morgan fingerprint density at radius 2 is 1.93 bits per heavy atom. The summed E-state index contributed by atoms with van der Waals surface area (Å²) in [4.78, 5) is 12.8. The molecule has 0 unspecified atom stereocenters. The number of benzene rings is 1. The molecule has 0 heterocycles. The summed E-state index contributed by atoms with van der Waals surface area (Å²) >= 11 is 0. The lowest BCUT2D eigenvalue weighted by atomic mass is 9.81. The molecule has 2 rings (SSSR count). The maximum absolute atomic E-state index is 12.8. The lowest BCUT2D eigenvalue weighted by Crippen LogP contribution is -2.38. The second kappa shape index (κ2) is 9.78. The third-order valence-corrected chi connectivity index (χ3v) is 5.28. The molecule has 0 fully saturated rings. The Hall–Kier alpha value is -2.27. The SMILES string of the molecule is COc1cc(C(=O)O[C@@H]2C/C(C)=C\CC/C(C)=C/[C@@H](O)[C@H]2C(C)C)ccc1O. The Morgan fingerprint density at radius 1 is 1.21 bits per heavy atom. The largest absolute Gasteiger partial charge is 0.504 e. The van der Waals surface area contributed by atoms with Gasteiger partial charge in [-0.1, -0.05) is 37.1 Å².